The molecule has 3 rings (SSSR count). The molecular formula is C19H16N2OS. The van der Waals surface area contributed by atoms with Gasteiger partial charge in [0.1, 0.15) is 0 Å². The highest BCUT2D eigenvalue weighted by Crippen LogP contribution is 2.31. The Kier molecular flexibility index (Phi) is 4.14. The van der Waals surface area contributed by atoms with Gasteiger partial charge in [0.05, 0.1) is 16.5 Å². The van der Waals surface area contributed by atoms with Crippen LogP contribution < -0.4 is 0 Å². The van der Waals surface area contributed by atoms with Crippen molar-refractivity contribution in [3.63, 3.8) is 0 Å². The lowest BCUT2D eigenvalue weighted by Crippen LogP contribution is -2.25. The zero-order valence-corrected chi connectivity index (χ0v) is 13.9. The molecule has 0 bridgehead atoms. The number of fused-ring (bicyclic) bond motifs is 1. The average molecular weight is 320 g/mol. The van der Waals surface area contributed by atoms with Crippen molar-refractivity contribution in [3.8, 4) is 6.07 Å². The minimum atomic E-state index is 0.0352. The van der Waals surface area contributed by atoms with E-state index in [-0.39, 0.29) is 5.91 Å². The SMILES string of the molecule is Cc1c(C(=O)N(C)Cc2ccc(C#N)cc2)sc2ccccc12. The molecule has 4 heteroatoms. The van der Waals surface area contributed by atoms with Crippen molar-refractivity contribution in [3.05, 3.63) is 70.1 Å². The molecular weight excluding hydrogens is 304 g/mol. The first kappa shape index (κ1) is 15.3. The molecule has 0 saturated heterocycles. The van der Waals surface area contributed by atoms with Gasteiger partial charge in [-0.25, -0.2) is 0 Å². The minimum absolute atomic E-state index is 0.0352. The number of nitrogens with zero attached hydrogens (tertiary/aromatic N) is 2. The fourth-order valence-corrected chi connectivity index (χ4v) is 3.79. The van der Waals surface area contributed by atoms with Gasteiger partial charge in [0, 0.05) is 18.3 Å². The van der Waals surface area contributed by atoms with Crippen LogP contribution in [0.2, 0.25) is 0 Å². The number of aryl methyl sites for hydroxylation is 1. The fraction of sp³-hybridized carbons (Fsp3) is 0.158. The molecule has 2 aromatic carbocycles. The van der Waals surface area contributed by atoms with Crippen LogP contribution in [0, 0.1) is 18.3 Å². The summed E-state index contributed by atoms with van der Waals surface area (Å²) in [6, 6.07) is 17.5. The van der Waals surface area contributed by atoms with Gasteiger partial charge in [-0.1, -0.05) is 30.3 Å². The molecule has 1 amide bonds. The number of rotatable bonds is 3. The normalized spacial score (nSPS) is 10.5. The van der Waals surface area contributed by atoms with Crippen molar-refractivity contribution < 1.29 is 4.79 Å². The number of carbonyl (C=O) groups excluding carboxylic acids is 1. The first-order chi connectivity index (χ1) is 11.1. The van der Waals surface area contributed by atoms with Gasteiger partial charge in [-0.2, -0.15) is 5.26 Å². The molecule has 0 fully saturated rings. The van der Waals surface area contributed by atoms with E-state index in [4.69, 9.17) is 5.26 Å². The summed E-state index contributed by atoms with van der Waals surface area (Å²) >= 11 is 1.54. The lowest BCUT2D eigenvalue weighted by atomic mass is 10.1. The summed E-state index contributed by atoms with van der Waals surface area (Å²) in [5, 5.41) is 9.98. The van der Waals surface area contributed by atoms with Crippen LogP contribution in [0.4, 0.5) is 0 Å². The minimum Gasteiger partial charge on any atom is -0.337 e. The number of amides is 1. The largest absolute Gasteiger partial charge is 0.337 e. The topological polar surface area (TPSA) is 44.1 Å². The molecule has 3 aromatic rings. The maximum absolute atomic E-state index is 12.7. The van der Waals surface area contributed by atoms with Gasteiger partial charge < -0.3 is 4.90 Å². The van der Waals surface area contributed by atoms with Gasteiger partial charge in [-0.15, -0.1) is 11.3 Å². The first-order valence-electron chi connectivity index (χ1n) is 7.33. The molecule has 3 nitrogen and oxygen atoms in total. The van der Waals surface area contributed by atoms with Gasteiger partial charge >= 0.3 is 0 Å². The van der Waals surface area contributed by atoms with E-state index < -0.39 is 0 Å². The molecule has 0 atom stereocenters. The summed E-state index contributed by atoms with van der Waals surface area (Å²) in [6.07, 6.45) is 0. The second kappa shape index (κ2) is 6.23. The molecule has 114 valence electrons. The lowest BCUT2D eigenvalue weighted by molar-refractivity contribution is 0.0789. The van der Waals surface area contributed by atoms with Crippen molar-refractivity contribution in [2.24, 2.45) is 0 Å². The Morgan fingerprint density at radius 2 is 1.87 bits per heavy atom. The van der Waals surface area contributed by atoms with Crippen molar-refractivity contribution in [1.82, 2.24) is 4.90 Å². The Balaban J connectivity index is 1.83. The Hall–Kier alpha value is -2.64. The van der Waals surface area contributed by atoms with E-state index >= 15 is 0 Å². The Morgan fingerprint density at radius 1 is 1.17 bits per heavy atom. The third-order valence-corrected chi connectivity index (χ3v) is 5.15. The standard InChI is InChI=1S/C19H16N2OS/c1-13-16-5-3-4-6-17(16)23-18(13)19(22)21(2)12-15-9-7-14(11-20)8-10-15/h3-10H,12H2,1-2H3. The van der Waals surface area contributed by atoms with Crippen molar-refractivity contribution in [2.75, 3.05) is 7.05 Å². The van der Waals surface area contributed by atoms with Crippen LogP contribution in [-0.4, -0.2) is 17.9 Å². The van der Waals surface area contributed by atoms with E-state index in [2.05, 4.69) is 12.1 Å². The number of thiophene rings is 1. The van der Waals surface area contributed by atoms with Crippen molar-refractivity contribution in [2.45, 2.75) is 13.5 Å². The molecule has 1 aromatic heterocycles. The maximum Gasteiger partial charge on any atom is 0.264 e. The number of hydrogen-bond acceptors (Lipinski definition) is 3. The molecule has 0 aliphatic heterocycles. The zero-order valence-electron chi connectivity index (χ0n) is 13.0. The van der Waals surface area contributed by atoms with E-state index in [1.54, 1.807) is 28.4 Å². The molecule has 0 spiro atoms. The highest BCUT2D eigenvalue weighted by atomic mass is 32.1. The van der Waals surface area contributed by atoms with E-state index in [0.717, 1.165) is 26.1 Å². The molecule has 23 heavy (non-hydrogen) atoms. The summed E-state index contributed by atoms with van der Waals surface area (Å²) in [6.45, 7) is 2.53. The van der Waals surface area contributed by atoms with Gasteiger partial charge in [-0.05, 0) is 41.6 Å². The monoisotopic (exact) mass is 320 g/mol. The van der Waals surface area contributed by atoms with Crippen LogP contribution in [0.15, 0.2) is 48.5 Å². The third-order valence-electron chi connectivity index (χ3n) is 3.89. The van der Waals surface area contributed by atoms with E-state index in [0.29, 0.717) is 12.1 Å². The molecule has 1 heterocycles. The molecule has 0 saturated carbocycles. The predicted octanol–water partition coefficient (Wildman–Crippen LogP) is 4.35. The summed E-state index contributed by atoms with van der Waals surface area (Å²) < 4.78 is 1.14. The summed E-state index contributed by atoms with van der Waals surface area (Å²) in [5.74, 6) is 0.0352. The van der Waals surface area contributed by atoms with Crippen LogP contribution in [0.25, 0.3) is 10.1 Å². The second-order valence-corrected chi connectivity index (χ2v) is 6.57. The Labute approximate surface area is 139 Å². The van der Waals surface area contributed by atoms with Gasteiger partial charge in [0.25, 0.3) is 5.91 Å². The van der Waals surface area contributed by atoms with E-state index in [1.165, 1.54) is 0 Å². The summed E-state index contributed by atoms with van der Waals surface area (Å²) in [4.78, 5) is 15.3. The van der Waals surface area contributed by atoms with Crippen LogP contribution in [-0.2, 0) is 6.54 Å². The summed E-state index contributed by atoms with van der Waals surface area (Å²) in [7, 11) is 1.81. The fourth-order valence-electron chi connectivity index (χ4n) is 2.58. The maximum atomic E-state index is 12.7. The number of nitriles is 1. The van der Waals surface area contributed by atoms with Crippen molar-refractivity contribution >= 4 is 27.3 Å². The predicted molar refractivity (Wildman–Crippen MR) is 93.5 cm³/mol. The average Bonchev–Trinajstić information content (AvgIpc) is 2.92. The smallest absolute Gasteiger partial charge is 0.264 e. The second-order valence-electron chi connectivity index (χ2n) is 5.52. The zero-order chi connectivity index (χ0) is 16.4. The third kappa shape index (κ3) is 2.96. The van der Waals surface area contributed by atoms with Crippen LogP contribution >= 0.6 is 11.3 Å². The molecule has 0 aliphatic carbocycles. The number of benzene rings is 2. The van der Waals surface area contributed by atoms with Gasteiger partial charge in [0.15, 0.2) is 0 Å². The van der Waals surface area contributed by atoms with Gasteiger partial charge in [-0.3, -0.25) is 4.79 Å². The van der Waals surface area contributed by atoms with E-state index in [1.807, 2.05) is 44.3 Å². The molecule has 0 unspecified atom stereocenters. The highest BCUT2D eigenvalue weighted by molar-refractivity contribution is 7.21. The quantitative estimate of drug-likeness (QED) is 0.720. The van der Waals surface area contributed by atoms with E-state index in [9.17, 15) is 4.79 Å². The van der Waals surface area contributed by atoms with Gasteiger partial charge in [0.2, 0.25) is 0 Å². The van der Waals surface area contributed by atoms with Crippen molar-refractivity contribution in [1.29, 1.82) is 5.26 Å². The molecule has 0 aliphatic rings. The molecule has 0 N–H and O–H groups in total. The van der Waals surface area contributed by atoms with Crippen LogP contribution in [0.5, 0.6) is 0 Å². The number of hydrogen-bond donors (Lipinski definition) is 0. The van der Waals surface area contributed by atoms with Crippen LogP contribution in [0.3, 0.4) is 0 Å². The first-order valence-corrected chi connectivity index (χ1v) is 8.14. The Morgan fingerprint density at radius 3 is 2.52 bits per heavy atom. The molecule has 0 radical (unpaired) electrons. The highest BCUT2D eigenvalue weighted by Gasteiger charge is 2.18. The Bertz CT molecular complexity index is 903. The number of carbonyl (C=O) groups is 1. The lowest BCUT2D eigenvalue weighted by Gasteiger charge is -2.17. The van der Waals surface area contributed by atoms with Crippen LogP contribution in [0.1, 0.15) is 26.4 Å². The summed E-state index contributed by atoms with van der Waals surface area (Å²) in [5.41, 5.74) is 2.68.